The molecule has 106 valence electrons. The summed E-state index contributed by atoms with van der Waals surface area (Å²) in [7, 11) is 0. The van der Waals surface area contributed by atoms with Crippen LogP contribution in [0.2, 0.25) is 5.02 Å². The van der Waals surface area contributed by atoms with Crippen LogP contribution in [-0.2, 0) is 17.9 Å². The maximum absolute atomic E-state index is 12.1. The van der Waals surface area contributed by atoms with E-state index in [0.29, 0.717) is 11.7 Å². The van der Waals surface area contributed by atoms with Gasteiger partial charge in [-0.05, 0) is 30.5 Å². The quantitative estimate of drug-likeness (QED) is 0.866. The van der Waals surface area contributed by atoms with E-state index >= 15 is 0 Å². The average Bonchev–Trinajstić information content (AvgIpc) is 2.91. The Labute approximate surface area is 124 Å². The summed E-state index contributed by atoms with van der Waals surface area (Å²) < 4.78 is 1.86. The molecule has 0 fully saturated rings. The lowest BCUT2D eigenvalue weighted by Gasteiger charge is -2.26. The van der Waals surface area contributed by atoms with Crippen molar-refractivity contribution in [1.29, 1.82) is 0 Å². The second-order valence-electron chi connectivity index (χ2n) is 4.71. The van der Waals surface area contributed by atoms with E-state index in [0.717, 1.165) is 23.2 Å². The monoisotopic (exact) mass is 291 g/mol. The van der Waals surface area contributed by atoms with Gasteiger partial charge in [0.05, 0.1) is 12.0 Å². The van der Waals surface area contributed by atoms with Gasteiger partial charge in [0.15, 0.2) is 0 Å². The number of hydrogen-bond acceptors (Lipinski definition) is 2. The lowest BCUT2D eigenvalue weighted by Crippen LogP contribution is -2.32. The third-order valence-corrected chi connectivity index (χ3v) is 3.65. The van der Waals surface area contributed by atoms with Crippen molar-refractivity contribution in [2.45, 2.75) is 33.9 Å². The van der Waals surface area contributed by atoms with Crippen LogP contribution in [0.3, 0.4) is 0 Å². The van der Waals surface area contributed by atoms with Crippen LogP contribution >= 0.6 is 11.6 Å². The molecule has 5 heteroatoms. The van der Waals surface area contributed by atoms with Crippen LogP contribution < -0.4 is 4.90 Å². The molecule has 0 saturated carbocycles. The third-order valence-electron chi connectivity index (χ3n) is 3.29. The van der Waals surface area contributed by atoms with Crippen molar-refractivity contribution in [1.82, 2.24) is 9.55 Å². The van der Waals surface area contributed by atoms with Gasteiger partial charge in [0.1, 0.15) is 6.67 Å². The Morgan fingerprint density at radius 3 is 2.75 bits per heavy atom. The van der Waals surface area contributed by atoms with Gasteiger partial charge in [-0.25, -0.2) is 4.98 Å². The SMILES string of the molecule is CCc1c(Cl)ccc(C)c1N(Cn1ccnc1)C(C)=O. The van der Waals surface area contributed by atoms with Gasteiger partial charge in [0.2, 0.25) is 5.91 Å². The Hall–Kier alpha value is -1.81. The maximum atomic E-state index is 12.1. The molecule has 1 heterocycles. The minimum atomic E-state index is -0.0150. The molecule has 0 aliphatic heterocycles. The summed E-state index contributed by atoms with van der Waals surface area (Å²) in [5.41, 5.74) is 2.95. The summed E-state index contributed by atoms with van der Waals surface area (Å²) in [6.45, 7) is 6.04. The zero-order valence-corrected chi connectivity index (χ0v) is 12.7. The largest absolute Gasteiger partial charge is 0.319 e. The second-order valence-corrected chi connectivity index (χ2v) is 5.12. The molecular weight excluding hydrogens is 274 g/mol. The molecule has 0 aliphatic carbocycles. The summed E-state index contributed by atoms with van der Waals surface area (Å²) in [4.78, 5) is 17.8. The molecule has 0 radical (unpaired) electrons. The number of halogens is 1. The normalized spacial score (nSPS) is 10.6. The second kappa shape index (κ2) is 6.09. The average molecular weight is 292 g/mol. The van der Waals surface area contributed by atoms with Crippen molar-refractivity contribution in [3.8, 4) is 0 Å². The zero-order valence-electron chi connectivity index (χ0n) is 11.9. The van der Waals surface area contributed by atoms with Gasteiger partial charge >= 0.3 is 0 Å². The van der Waals surface area contributed by atoms with Crippen LogP contribution in [0.5, 0.6) is 0 Å². The van der Waals surface area contributed by atoms with E-state index in [1.54, 1.807) is 24.3 Å². The number of rotatable bonds is 4. The van der Waals surface area contributed by atoms with Crippen molar-refractivity contribution < 1.29 is 4.79 Å². The highest BCUT2D eigenvalue weighted by Crippen LogP contribution is 2.32. The molecule has 0 bridgehead atoms. The Morgan fingerprint density at radius 2 is 2.20 bits per heavy atom. The fourth-order valence-electron chi connectivity index (χ4n) is 2.30. The number of carbonyl (C=O) groups is 1. The molecule has 4 nitrogen and oxygen atoms in total. The van der Waals surface area contributed by atoms with Crippen molar-refractivity contribution in [2.24, 2.45) is 0 Å². The number of carbonyl (C=O) groups excluding carboxylic acids is 1. The Bertz CT molecular complexity index is 608. The van der Waals surface area contributed by atoms with E-state index in [2.05, 4.69) is 4.98 Å². The van der Waals surface area contributed by atoms with Crippen LogP contribution in [0.4, 0.5) is 5.69 Å². The van der Waals surface area contributed by atoms with Crippen molar-refractivity contribution in [3.05, 3.63) is 47.0 Å². The van der Waals surface area contributed by atoms with E-state index in [1.165, 1.54) is 0 Å². The number of imidazole rings is 1. The van der Waals surface area contributed by atoms with Gasteiger partial charge in [-0.1, -0.05) is 24.6 Å². The molecular formula is C15H18ClN3O. The summed E-state index contributed by atoms with van der Waals surface area (Å²) in [5, 5.41) is 0.699. The molecule has 0 N–H and O–H groups in total. The number of aromatic nitrogens is 2. The highest BCUT2D eigenvalue weighted by Gasteiger charge is 2.19. The van der Waals surface area contributed by atoms with E-state index in [1.807, 2.05) is 36.7 Å². The lowest BCUT2D eigenvalue weighted by molar-refractivity contribution is -0.116. The third kappa shape index (κ3) is 2.85. The molecule has 1 aromatic heterocycles. The van der Waals surface area contributed by atoms with E-state index in [4.69, 9.17) is 11.6 Å². The van der Waals surface area contributed by atoms with Crippen molar-refractivity contribution >= 4 is 23.2 Å². The Balaban J connectivity index is 2.49. The Morgan fingerprint density at radius 1 is 1.45 bits per heavy atom. The highest BCUT2D eigenvalue weighted by atomic mass is 35.5. The van der Waals surface area contributed by atoms with E-state index < -0.39 is 0 Å². The van der Waals surface area contributed by atoms with E-state index in [-0.39, 0.29) is 5.91 Å². The predicted octanol–water partition coefficient (Wildman–Crippen LogP) is 3.42. The molecule has 20 heavy (non-hydrogen) atoms. The van der Waals surface area contributed by atoms with Gasteiger partial charge in [0.25, 0.3) is 0 Å². The molecule has 1 amide bonds. The number of benzene rings is 1. The minimum absolute atomic E-state index is 0.0150. The van der Waals surface area contributed by atoms with Crippen LogP contribution in [0, 0.1) is 6.92 Å². The molecule has 0 atom stereocenters. The smallest absolute Gasteiger partial charge is 0.225 e. The van der Waals surface area contributed by atoms with Crippen molar-refractivity contribution in [2.75, 3.05) is 4.90 Å². The summed E-state index contributed by atoms with van der Waals surface area (Å²) in [6.07, 6.45) is 6.01. The molecule has 1 aromatic carbocycles. The fraction of sp³-hybridized carbons (Fsp3) is 0.333. The highest BCUT2D eigenvalue weighted by molar-refractivity contribution is 6.32. The summed E-state index contributed by atoms with van der Waals surface area (Å²) >= 11 is 6.28. The predicted molar refractivity (Wildman–Crippen MR) is 81.0 cm³/mol. The summed E-state index contributed by atoms with van der Waals surface area (Å²) in [5.74, 6) is -0.0150. The number of anilines is 1. The first-order valence-electron chi connectivity index (χ1n) is 6.56. The van der Waals surface area contributed by atoms with Crippen LogP contribution in [0.25, 0.3) is 0 Å². The van der Waals surface area contributed by atoms with E-state index in [9.17, 15) is 4.79 Å². The molecule has 2 rings (SSSR count). The molecule has 0 spiro atoms. The van der Waals surface area contributed by atoms with Crippen LogP contribution in [0.15, 0.2) is 30.9 Å². The van der Waals surface area contributed by atoms with Gasteiger partial charge in [-0.15, -0.1) is 0 Å². The van der Waals surface area contributed by atoms with Crippen LogP contribution in [-0.4, -0.2) is 15.5 Å². The van der Waals surface area contributed by atoms with Gasteiger partial charge in [0, 0.05) is 24.3 Å². The first-order chi connectivity index (χ1) is 9.54. The molecule has 0 aliphatic rings. The van der Waals surface area contributed by atoms with Gasteiger partial charge in [-0.2, -0.15) is 0 Å². The zero-order chi connectivity index (χ0) is 14.7. The summed E-state index contributed by atoms with van der Waals surface area (Å²) in [6, 6.07) is 3.83. The van der Waals surface area contributed by atoms with Crippen LogP contribution in [0.1, 0.15) is 25.0 Å². The molecule has 0 saturated heterocycles. The van der Waals surface area contributed by atoms with Crippen molar-refractivity contribution in [3.63, 3.8) is 0 Å². The number of amides is 1. The fourth-order valence-corrected chi connectivity index (χ4v) is 2.59. The van der Waals surface area contributed by atoms with Gasteiger partial charge < -0.3 is 4.57 Å². The molecule has 2 aromatic rings. The number of aryl methyl sites for hydroxylation is 1. The molecule has 0 unspecified atom stereocenters. The lowest BCUT2D eigenvalue weighted by atomic mass is 10.0. The first-order valence-corrected chi connectivity index (χ1v) is 6.94. The van der Waals surface area contributed by atoms with Gasteiger partial charge in [-0.3, -0.25) is 9.69 Å². The number of hydrogen-bond donors (Lipinski definition) is 0. The topological polar surface area (TPSA) is 38.1 Å². The Kier molecular flexibility index (Phi) is 4.45. The standard InChI is InChI=1S/C15H18ClN3O/c1-4-13-14(16)6-5-11(2)15(13)19(12(3)20)10-18-8-7-17-9-18/h5-9H,4,10H2,1-3H3. The first kappa shape index (κ1) is 14.6. The maximum Gasteiger partial charge on any atom is 0.225 e. The number of nitrogens with zero attached hydrogens (tertiary/aromatic N) is 3. The minimum Gasteiger partial charge on any atom is -0.319 e.